The molecule has 1 aromatic carbocycles. The minimum absolute atomic E-state index is 0.810. The van der Waals surface area contributed by atoms with Crippen LogP contribution >= 0.6 is 15.9 Å². The summed E-state index contributed by atoms with van der Waals surface area (Å²) in [5.41, 5.74) is 7.78. The smallest absolute Gasteiger partial charge is 0.142 e. The molecular weight excluding hydrogens is 316 g/mol. The molecule has 4 nitrogen and oxygen atoms in total. The van der Waals surface area contributed by atoms with E-state index in [2.05, 4.69) is 42.8 Å². The zero-order valence-electron chi connectivity index (χ0n) is 11.2. The minimum Gasteiger partial charge on any atom is -0.399 e. The zero-order chi connectivity index (χ0) is 13.9. The molecule has 5 heteroatoms. The first-order valence-electron chi connectivity index (χ1n) is 6.70. The minimum atomic E-state index is 0.810. The van der Waals surface area contributed by atoms with Crippen LogP contribution in [0.4, 0.5) is 17.2 Å². The number of halogens is 1. The summed E-state index contributed by atoms with van der Waals surface area (Å²) < 4.78 is 1.06. The largest absolute Gasteiger partial charge is 0.399 e. The molecule has 0 spiro atoms. The number of benzene rings is 1. The van der Waals surface area contributed by atoms with E-state index in [1.807, 2.05) is 30.5 Å². The Morgan fingerprint density at radius 2 is 1.60 bits per heavy atom. The molecule has 0 radical (unpaired) electrons. The third-order valence-corrected chi connectivity index (χ3v) is 4.20. The van der Waals surface area contributed by atoms with E-state index in [-0.39, 0.29) is 0 Å². The van der Waals surface area contributed by atoms with Gasteiger partial charge in [-0.15, -0.1) is 0 Å². The number of hydrogen-bond donors (Lipinski definition) is 1. The fourth-order valence-corrected chi connectivity index (χ4v) is 2.98. The Hall–Kier alpha value is -1.75. The topological polar surface area (TPSA) is 45.4 Å². The molecule has 1 aliphatic rings. The Bertz CT molecular complexity index is 577. The highest BCUT2D eigenvalue weighted by Gasteiger charge is 2.19. The van der Waals surface area contributed by atoms with Crippen LogP contribution in [0.1, 0.15) is 0 Å². The lowest BCUT2D eigenvalue weighted by atomic mass is 10.2. The molecule has 2 heterocycles. The predicted molar refractivity (Wildman–Crippen MR) is 87.2 cm³/mol. The quantitative estimate of drug-likeness (QED) is 0.859. The van der Waals surface area contributed by atoms with Crippen molar-refractivity contribution in [2.24, 2.45) is 0 Å². The Labute approximate surface area is 127 Å². The van der Waals surface area contributed by atoms with E-state index >= 15 is 0 Å². The molecule has 1 aliphatic heterocycles. The fourth-order valence-electron chi connectivity index (χ4n) is 2.47. The average molecular weight is 333 g/mol. The number of anilines is 3. The summed E-state index contributed by atoms with van der Waals surface area (Å²) in [4.78, 5) is 9.15. The Morgan fingerprint density at radius 1 is 0.950 bits per heavy atom. The third kappa shape index (κ3) is 2.72. The highest BCUT2D eigenvalue weighted by Crippen LogP contribution is 2.25. The normalized spacial score (nSPS) is 15.4. The van der Waals surface area contributed by atoms with E-state index in [9.17, 15) is 0 Å². The van der Waals surface area contributed by atoms with Crippen molar-refractivity contribution in [3.63, 3.8) is 0 Å². The van der Waals surface area contributed by atoms with Gasteiger partial charge in [0.15, 0.2) is 0 Å². The van der Waals surface area contributed by atoms with Crippen molar-refractivity contribution < 1.29 is 0 Å². The third-order valence-electron chi connectivity index (χ3n) is 3.58. The van der Waals surface area contributed by atoms with E-state index in [0.717, 1.165) is 42.2 Å². The molecule has 1 fully saturated rings. The number of nitrogens with two attached hydrogens (primary N) is 1. The Balaban J connectivity index is 1.68. The molecule has 0 amide bonds. The van der Waals surface area contributed by atoms with Crippen LogP contribution in [0.2, 0.25) is 0 Å². The first-order chi connectivity index (χ1) is 9.74. The SMILES string of the molecule is Nc1ccc(N2CCN(c3ncccc3Br)CC2)cc1. The second kappa shape index (κ2) is 5.71. The van der Waals surface area contributed by atoms with E-state index in [1.165, 1.54) is 5.69 Å². The molecule has 104 valence electrons. The maximum absolute atomic E-state index is 5.73. The van der Waals surface area contributed by atoms with Gasteiger partial charge in [0.25, 0.3) is 0 Å². The molecule has 3 rings (SSSR count). The van der Waals surface area contributed by atoms with Crippen LogP contribution in [0.5, 0.6) is 0 Å². The average Bonchev–Trinajstić information content (AvgIpc) is 2.49. The number of pyridine rings is 1. The van der Waals surface area contributed by atoms with Gasteiger partial charge in [0.2, 0.25) is 0 Å². The maximum Gasteiger partial charge on any atom is 0.142 e. The van der Waals surface area contributed by atoms with Crippen molar-refractivity contribution in [2.45, 2.75) is 0 Å². The molecule has 0 unspecified atom stereocenters. The van der Waals surface area contributed by atoms with Crippen molar-refractivity contribution in [2.75, 3.05) is 41.7 Å². The van der Waals surface area contributed by atoms with Gasteiger partial charge in [-0.25, -0.2) is 4.98 Å². The maximum atomic E-state index is 5.73. The Kier molecular flexibility index (Phi) is 3.78. The van der Waals surface area contributed by atoms with E-state index in [4.69, 9.17) is 5.73 Å². The van der Waals surface area contributed by atoms with E-state index < -0.39 is 0 Å². The van der Waals surface area contributed by atoms with Crippen molar-refractivity contribution in [1.29, 1.82) is 0 Å². The molecule has 2 aromatic rings. The number of piperazine rings is 1. The summed E-state index contributed by atoms with van der Waals surface area (Å²) >= 11 is 3.57. The van der Waals surface area contributed by atoms with E-state index in [0.29, 0.717) is 0 Å². The molecular formula is C15H17BrN4. The lowest BCUT2D eigenvalue weighted by Gasteiger charge is -2.37. The van der Waals surface area contributed by atoms with Gasteiger partial charge < -0.3 is 15.5 Å². The molecule has 0 atom stereocenters. The number of nitrogens with zero attached hydrogens (tertiary/aromatic N) is 3. The van der Waals surface area contributed by atoms with Crippen molar-refractivity contribution in [3.05, 3.63) is 47.1 Å². The molecule has 0 bridgehead atoms. The highest BCUT2D eigenvalue weighted by molar-refractivity contribution is 9.10. The van der Waals surface area contributed by atoms with Gasteiger partial charge in [0.05, 0.1) is 4.47 Å². The standard InChI is InChI=1S/C15H17BrN4/c16-14-2-1-7-18-15(14)20-10-8-19(9-11-20)13-5-3-12(17)4-6-13/h1-7H,8-11,17H2. The lowest BCUT2D eigenvalue weighted by Crippen LogP contribution is -2.46. The van der Waals surface area contributed by atoms with Gasteiger partial charge in [0, 0.05) is 43.8 Å². The van der Waals surface area contributed by atoms with Gasteiger partial charge in [-0.3, -0.25) is 0 Å². The van der Waals surface area contributed by atoms with Crippen molar-refractivity contribution in [3.8, 4) is 0 Å². The summed E-state index contributed by atoms with van der Waals surface area (Å²) in [6.45, 7) is 3.93. The fraction of sp³-hybridized carbons (Fsp3) is 0.267. The van der Waals surface area contributed by atoms with Crippen LogP contribution in [0, 0.1) is 0 Å². The first-order valence-corrected chi connectivity index (χ1v) is 7.49. The van der Waals surface area contributed by atoms with Crippen LogP contribution in [0.25, 0.3) is 0 Å². The number of rotatable bonds is 2. The lowest BCUT2D eigenvalue weighted by molar-refractivity contribution is 0.646. The van der Waals surface area contributed by atoms with Gasteiger partial charge >= 0.3 is 0 Å². The van der Waals surface area contributed by atoms with Gasteiger partial charge in [0.1, 0.15) is 5.82 Å². The molecule has 2 N–H and O–H groups in total. The van der Waals surface area contributed by atoms with Gasteiger partial charge in [-0.2, -0.15) is 0 Å². The van der Waals surface area contributed by atoms with Crippen LogP contribution in [0.15, 0.2) is 47.1 Å². The molecule has 0 aliphatic carbocycles. The van der Waals surface area contributed by atoms with Gasteiger partial charge in [-0.05, 0) is 52.3 Å². The monoisotopic (exact) mass is 332 g/mol. The molecule has 1 aromatic heterocycles. The predicted octanol–water partition coefficient (Wildman–Crippen LogP) is 2.75. The number of nitrogen functional groups attached to an aromatic ring is 1. The summed E-state index contributed by atoms with van der Waals surface area (Å²) in [7, 11) is 0. The van der Waals surface area contributed by atoms with Crippen LogP contribution < -0.4 is 15.5 Å². The van der Waals surface area contributed by atoms with Gasteiger partial charge in [-0.1, -0.05) is 0 Å². The molecule has 20 heavy (non-hydrogen) atoms. The summed E-state index contributed by atoms with van der Waals surface area (Å²) in [5, 5.41) is 0. The van der Waals surface area contributed by atoms with E-state index in [1.54, 1.807) is 0 Å². The zero-order valence-corrected chi connectivity index (χ0v) is 12.8. The van der Waals surface area contributed by atoms with Crippen LogP contribution in [-0.2, 0) is 0 Å². The number of aromatic nitrogens is 1. The number of hydrogen-bond acceptors (Lipinski definition) is 4. The second-order valence-electron chi connectivity index (χ2n) is 4.87. The summed E-state index contributed by atoms with van der Waals surface area (Å²) in [5.74, 6) is 1.03. The molecule has 0 saturated carbocycles. The summed E-state index contributed by atoms with van der Waals surface area (Å²) in [6.07, 6.45) is 1.84. The molecule has 1 saturated heterocycles. The highest BCUT2D eigenvalue weighted by atomic mass is 79.9. The van der Waals surface area contributed by atoms with Crippen LogP contribution in [-0.4, -0.2) is 31.2 Å². The van der Waals surface area contributed by atoms with Crippen molar-refractivity contribution >= 4 is 33.1 Å². The first kappa shape index (κ1) is 13.2. The van der Waals surface area contributed by atoms with Crippen LogP contribution in [0.3, 0.4) is 0 Å². The Morgan fingerprint density at radius 3 is 2.25 bits per heavy atom. The summed E-state index contributed by atoms with van der Waals surface area (Å²) in [6, 6.07) is 12.1. The van der Waals surface area contributed by atoms with Crippen molar-refractivity contribution in [1.82, 2.24) is 4.98 Å². The second-order valence-corrected chi connectivity index (χ2v) is 5.73.